The van der Waals surface area contributed by atoms with E-state index in [0.717, 1.165) is 88.1 Å². The van der Waals surface area contributed by atoms with Crippen LogP contribution in [0.1, 0.15) is 20.7 Å². The second kappa shape index (κ2) is 19.3. The second-order valence-electron chi connectivity index (χ2n) is 14.8. The molecule has 0 spiro atoms. The van der Waals surface area contributed by atoms with Gasteiger partial charge in [0.2, 0.25) is 0 Å². The second-order valence-corrected chi connectivity index (χ2v) is 16.7. The van der Waals surface area contributed by atoms with Gasteiger partial charge in [-0.05, 0) is 48.5 Å². The van der Waals surface area contributed by atoms with Crippen molar-refractivity contribution in [1.29, 1.82) is 0 Å². The molecule has 308 valence electrons. The fraction of sp³-hybridized carbons (Fsp3) is 0. The van der Waals surface area contributed by atoms with Gasteiger partial charge in [-0.2, -0.15) is 0 Å². The Hall–Kier alpha value is -7.52. The van der Waals surface area contributed by atoms with Gasteiger partial charge in [0.15, 0.2) is 0 Å². The van der Waals surface area contributed by atoms with Gasteiger partial charge in [0.05, 0.1) is 22.8 Å². The maximum atomic E-state index is 10.2. The number of carbonyl (C=O) groups excluding carboxylic acids is 2. The van der Waals surface area contributed by atoms with Gasteiger partial charge < -0.3 is 0 Å². The van der Waals surface area contributed by atoms with Crippen LogP contribution < -0.4 is 0 Å². The average Bonchev–Trinajstić information content (AvgIpc) is 3.97. The first-order valence-electron chi connectivity index (χ1n) is 20.6. The van der Waals surface area contributed by atoms with Gasteiger partial charge in [-0.1, -0.05) is 202 Å². The van der Waals surface area contributed by atoms with Crippen LogP contribution >= 0.6 is 31.9 Å². The van der Waals surface area contributed by atoms with E-state index in [4.69, 9.17) is 9.97 Å². The van der Waals surface area contributed by atoms with E-state index in [1.54, 1.807) is 24.3 Å². The number of nitrogens with zero attached hydrogens (tertiary/aromatic N) is 4. The number of aromatic nitrogens is 4. The maximum Gasteiger partial charge on any atom is 0.150 e. The zero-order chi connectivity index (χ0) is 43.8. The lowest BCUT2D eigenvalue weighted by Crippen LogP contribution is -2.02. The number of hydrogen-bond donors (Lipinski definition) is 0. The molecule has 10 aromatic rings. The molecule has 8 aromatic carbocycles. The van der Waals surface area contributed by atoms with Crippen LogP contribution in [0.25, 0.3) is 79.2 Å². The molecule has 0 radical (unpaired) electrons. The van der Waals surface area contributed by atoms with Crippen molar-refractivity contribution in [3.05, 3.63) is 238 Å². The van der Waals surface area contributed by atoms with Gasteiger partial charge >= 0.3 is 0 Å². The molecular formula is C56H38Br2N4O2. The van der Waals surface area contributed by atoms with Crippen LogP contribution in [0.15, 0.2) is 227 Å². The first kappa shape index (κ1) is 41.8. The topological polar surface area (TPSA) is 69.8 Å². The first-order valence-corrected chi connectivity index (χ1v) is 22.2. The molecule has 0 aliphatic heterocycles. The van der Waals surface area contributed by atoms with Gasteiger partial charge in [-0.3, -0.25) is 18.7 Å². The summed E-state index contributed by atoms with van der Waals surface area (Å²) in [5.74, 6) is 1.67. The molecule has 64 heavy (non-hydrogen) atoms. The predicted octanol–water partition coefficient (Wildman–Crippen LogP) is 14.9. The Balaban J connectivity index is 0.000000460. The number of aldehydes is 2. The van der Waals surface area contributed by atoms with Crippen LogP contribution in [-0.4, -0.2) is 31.7 Å². The van der Waals surface area contributed by atoms with Crippen molar-refractivity contribution in [2.75, 3.05) is 0 Å². The molecule has 2 heterocycles. The predicted molar refractivity (Wildman–Crippen MR) is 266 cm³/mol. The van der Waals surface area contributed by atoms with Gasteiger partial charge in [0.1, 0.15) is 24.2 Å². The monoisotopic (exact) mass is 956 g/mol. The third-order valence-corrected chi connectivity index (χ3v) is 11.6. The van der Waals surface area contributed by atoms with Gasteiger partial charge in [0.25, 0.3) is 0 Å². The van der Waals surface area contributed by atoms with E-state index in [9.17, 15) is 9.59 Å². The molecule has 0 N–H and O–H groups in total. The lowest BCUT2D eigenvalue weighted by atomic mass is 10.0. The van der Waals surface area contributed by atoms with Crippen LogP contribution in [0.4, 0.5) is 0 Å². The molecule has 0 amide bonds. The molecule has 0 atom stereocenters. The Kier molecular flexibility index (Phi) is 12.6. The Morgan fingerprint density at radius 1 is 0.344 bits per heavy atom. The van der Waals surface area contributed by atoms with Crippen molar-refractivity contribution in [3.8, 4) is 79.2 Å². The highest BCUT2D eigenvalue weighted by atomic mass is 79.9. The third kappa shape index (κ3) is 8.88. The molecule has 6 nitrogen and oxygen atoms in total. The molecule has 0 aliphatic rings. The molecule has 2 aromatic heterocycles. The Labute approximate surface area is 388 Å². The summed E-state index contributed by atoms with van der Waals surface area (Å²) in [4.78, 5) is 31.3. The summed E-state index contributed by atoms with van der Waals surface area (Å²) in [6, 6.07) is 73.9. The smallest absolute Gasteiger partial charge is 0.150 e. The molecular weight excluding hydrogens is 920 g/mol. The number of carbonyl (C=O) groups is 2. The first-order chi connectivity index (χ1) is 31.5. The number of benzene rings is 8. The zero-order valence-electron chi connectivity index (χ0n) is 34.3. The van der Waals surface area contributed by atoms with E-state index in [1.165, 1.54) is 0 Å². The maximum absolute atomic E-state index is 10.2. The quantitative estimate of drug-likeness (QED) is 0.128. The highest BCUT2D eigenvalue weighted by Crippen LogP contribution is 2.42. The van der Waals surface area contributed by atoms with Crippen molar-refractivity contribution >= 4 is 44.4 Å². The zero-order valence-corrected chi connectivity index (χ0v) is 37.5. The molecule has 0 saturated heterocycles. The van der Waals surface area contributed by atoms with Gasteiger partial charge in [-0.15, -0.1) is 0 Å². The van der Waals surface area contributed by atoms with Gasteiger partial charge in [0, 0.05) is 64.8 Å². The molecule has 8 heteroatoms. The molecule has 0 unspecified atom stereocenters. The molecule has 10 rings (SSSR count). The van der Waals surface area contributed by atoms with Crippen molar-refractivity contribution in [2.45, 2.75) is 0 Å². The van der Waals surface area contributed by atoms with Crippen molar-refractivity contribution in [2.24, 2.45) is 0 Å². The fourth-order valence-electron chi connectivity index (χ4n) is 7.78. The minimum absolute atomic E-state index is 0.532. The summed E-state index contributed by atoms with van der Waals surface area (Å²) in [5.41, 5.74) is 13.1. The van der Waals surface area contributed by atoms with E-state index in [2.05, 4.69) is 223 Å². The average molecular weight is 959 g/mol. The van der Waals surface area contributed by atoms with E-state index in [1.807, 2.05) is 12.1 Å². The molecule has 0 aliphatic carbocycles. The summed E-state index contributed by atoms with van der Waals surface area (Å²) in [6.45, 7) is 0. The van der Waals surface area contributed by atoms with E-state index < -0.39 is 0 Å². The summed E-state index contributed by atoms with van der Waals surface area (Å²) >= 11 is 7.50. The van der Waals surface area contributed by atoms with Crippen LogP contribution in [0.5, 0.6) is 0 Å². The normalized spacial score (nSPS) is 10.8. The SMILES string of the molecule is Brc1cccc(-n2c(-c3cccc(-c4nc(-c5ccccc5)c(-c5ccccc5)n4-c4cccc(Br)c4)c3)nc(-c3ccccc3)c2-c2ccccc2)c1.O=Cc1cccc(C=O)c1. The fourth-order valence-corrected chi connectivity index (χ4v) is 8.56. The molecule has 0 fully saturated rings. The van der Waals surface area contributed by atoms with Crippen LogP contribution in [0, 0.1) is 0 Å². The minimum atomic E-state index is 0.532. The highest BCUT2D eigenvalue weighted by molar-refractivity contribution is 9.10. The minimum Gasteiger partial charge on any atom is -0.298 e. The summed E-state index contributed by atoms with van der Waals surface area (Å²) in [6.07, 6.45) is 1.43. The van der Waals surface area contributed by atoms with E-state index in [0.29, 0.717) is 23.7 Å². The number of rotatable bonds is 10. The van der Waals surface area contributed by atoms with E-state index >= 15 is 0 Å². The lowest BCUT2D eigenvalue weighted by Gasteiger charge is -2.16. The van der Waals surface area contributed by atoms with Crippen LogP contribution in [-0.2, 0) is 0 Å². The summed E-state index contributed by atoms with van der Waals surface area (Å²) in [5, 5.41) is 0. The van der Waals surface area contributed by atoms with E-state index in [-0.39, 0.29) is 0 Å². The van der Waals surface area contributed by atoms with Crippen molar-refractivity contribution in [3.63, 3.8) is 0 Å². The van der Waals surface area contributed by atoms with Crippen LogP contribution in [0.3, 0.4) is 0 Å². The van der Waals surface area contributed by atoms with Crippen molar-refractivity contribution < 1.29 is 9.59 Å². The largest absolute Gasteiger partial charge is 0.298 e. The van der Waals surface area contributed by atoms with Crippen molar-refractivity contribution in [1.82, 2.24) is 19.1 Å². The highest BCUT2D eigenvalue weighted by Gasteiger charge is 2.26. The summed E-state index contributed by atoms with van der Waals surface area (Å²) < 4.78 is 6.55. The Bertz CT molecular complexity index is 3010. The molecule has 0 saturated carbocycles. The molecule has 0 bridgehead atoms. The third-order valence-electron chi connectivity index (χ3n) is 10.6. The number of halogens is 2. The Morgan fingerprint density at radius 3 is 1.06 bits per heavy atom. The van der Waals surface area contributed by atoms with Gasteiger partial charge in [-0.25, -0.2) is 9.97 Å². The van der Waals surface area contributed by atoms with Crippen LogP contribution in [0.2, 0.25) is 0 Å². The number of hydrogen-bond acceptors (Lipinski definition) is 4. The Morgan fingerprint density at radius 2 is 0.688 bits per heavy atom. The number of imidazole rings is 2. The lowest BCUT2D eigenvalue weighted by molar-refractivity contribution is 0.112. The standard InChI is InChI=1S/C48H32Br2N4.C8H6O2/c49-39-26-14-28-41(31-39)53-45(35-20-9-3-10-21-35)43(33-16-5-1-6-17-33)51-47(53)37-24-13-25-38(30-37)48-52-44(34-18-7-2-8-19-34)46(36-22-11-4-12-23-36)54(48)42-29-15-27-40(50)32-42;9-5-7-2-1-3-8(4-7)6-10/h1-32H;1-6H. The summed E-state index contributed by atoms with van der Waals surface area (Å²) in [7, 11) is 0.